The van der Waals surface area contributed by atoms with Gasteiger partial charge in [-0.2, -0.15) is 0 Å². The van der Waals surface area contributed by atoms with Gasteiger partial charge in [-0.05, 0) is 35.4 Å². The fourth-order valence-corrected chi connectivity index (χ4v) is 2.37. The predicted molar refractivity (Wildman–Crippen MR) is 97.2 cm³/mol. The van der Waals surface area contributed by atoms with Crippen LogP contribution in [0.4, 0.5) is 0 Å². The molecule has 0 aliphatic carbocycles. The second-order valence-electron chi connectivity index (χ2n) is 4.90. The van der Waals surface area contributed by atoms with Crippen LogP contribution in [0.25, 0.3) is 11.4 Å². The molecule has 0 fully saturated rings. The highest BCUT2D eigenvalue weighted by atomic mass is 35.5. The minimum Gasteiger partial charge on any atom is -0.398 e. The van der Waals surface area contributed by atoms with Crippen LogP contribution in [0, 0.1) is 0 Å². The molecule has 0 bridgehead atoms. The number of carbonyl (C=O) groups excluding carboxylic acids is 2. The predicted octanol–water partition coefficient (Wildman–Crippen LogP) is 3.43. The number of carbonyl (C=O) groups is 2. The molecule has 2 aromatic carbocycles. The smallest absolute Gasteiger partial charge is 0.152 e. The summed E-state index contributed by atoms with van der Waals surface area (Å²) in [5.74, 6) is 0. The maximum Gasteiger partial charge on any atom is 0.152 e. The number of aldehydes is 2. The van der Waals surface area contributed by atoms with E-state index in [1.54, 1.807) is 48.5 Å². The molecule has 0 radical (unpaired) electrons. The Hall–Kier alpha value is -2.56. The summed E-state index contributed by atoms with van der Waals surface area (Å²) >= 11 is 11.7. The first-order valence-corrected chi connectivity index (χ1v) is 7.65. The molecule has 0 spiro atoms. The molecule has 0 saturated carbocycles. The number of halogens is 2. The third-order valence-electron chi connectivity index (χ3n) is 3.42. The van der Waals surface area contributed by atoms with Crippen LogP contribution in [0.5, 0.6) is 0 Å². The van der Waals surface area contributed by atoms with E-state index in [4.69, 9.17) is 34.7 Å². The van der Waals surface area contributed by atoms with Crippen molar-refractivity contribution in [2.24, 2.45) is 11.5 Å². The van der Waals surface area contributed by atoms with Crippen LogP contribution in [0.1, 0.15) is 11.1 Å². The average molecular weight is 361 g/mol. The van der Waals surface area contributed by atoms with Crippen LogP contribution < -0.4 is 11.5 Å². The van der Waals surface area contributed by atoms with Crippen molar-refractivity contribution in [3.8, 4) is 0 Å². The Kier molecular flexibility index (Phi) is 5.79. The standard InChI is InChI=1S/C18H14Cl2N2O2/c19-13-5-1-11(2-6-13)17(21)15(9-23)16(10-24)18(22)12-3-7-14(20)8-4-12/h1-10H,21-22H2/b17-15-,18-16-. The van der Waals surface area contributed by atoms with E-state index in [-0.39, 0.29) is 22.5 Å². The molecule has 0 unspecified atom stereocenters. The number of benzene rings is 2. The molecule has 4 N–H and O–H groups in total. The van der Waals surface area contributed by atoms with Crippen LogP contribution in [-0.4, -0.2) is 12.6 Å². The lowest BCUT2D eigenvalue weighted by atomic mass is 9.97. The van der Waals surface area contributed by atoms with Crippen molar-refractivity contribution in [3.63, 3.8) is 0 Å². The Bertz CT molecular complexity index is 752. The summed E-state index contributed by atoms with van der Waals surface area (Å²) in [4.78, 5) is 23.1. The summed E-state index contributed by atoms with van der Waals surface area (Å²) < 4.78 is 0. The normalized spacial score (nSPS) is 12.9. The Morgan fingerprint density at radius 1 is 0.667 bits per heavy atom. The monoisotopic (exact) mass is 360 g/mol. The van der Waals surface area contributed by atoms with Gasteiger partial charge in [0.25, 0.3) is 0 Å². The van der Waals surface area contributed by atoms with Gasteiger partial charge < -0.3 is 11.5 Å². The molecule has 0 aliphatic heterocycles. The van der Waals surface area contributed by atoms with Crippen molar-refractivity contribution >= 4 is 47.2 Å². The minimum absolute atomic E-state index is 0.0137. The Balaban J connectivity index is 2.60. The average Bonchev–Trinajstić information content (AvgIpc) is 2.59. The van der Waals surface area contributed by atoms with E-state index in [9.17, 15) is 9.59 Å². The number of hydrogen-bond donors (Lipinski definition) is 2. The lowest BCUT2D eigenvalue weighted by Crippen LogP contribution is -2.11. The summed E-state index contributed by atoms with van der Waals surface area (Å²) in [7, 11) is 0. The van der Waals surface area contributed by atoms with Gasteiger partial charge in [0, 0.05) is 10.0 Å². The number of rotatable bonds is 5. The van der Waals surface area contributed by atoms with Crippen LogP contribution in [-0.2, 0) is 9.59 Å². The van der Waals surface area contributed by atoms with Crippen molar-refractivity contribution in [1.29, 1.82) is 0 Å². The summed E-state index contributed by atoms with van der Waals surface area (Å²) in [5.41, 5.74) is 13.5. The van der Waals surface area contributed by atoms with E-state index in [0.29, 0.717) is 33.7 Å². The van der Waals surface area contributed by atoms with Gasteiger partial charge in [-0.1, -0.05) is 47.5 Å². The van der Waals surface area contributed by atoms with E-state index in [0.717, 1.165) is 0 Å². The molecule has 2 rings (SSSR count). The first-order valence-electron chi connectivity index (χ1n) is 6.90. The SMILES string of the molecule is N/C(=C(C=O)\C(C=O)=C(/N)c1ccc(Cl)cc1)c1ccc(Cl)cc1. The molecule has 0 aliphatic rings. The zero-order valence-corrected chi connectivity index (χ0v) is 14.0. The summed E-state index contributed by atoms with van der Waals surface area (Å²) in [6, 6.07) is 13.2. The van der Waals surface area contributed by atoms with Crippen LogP contribution in [0.2, 0.25) is 10.0 Å². The van der Waals surface area contributed by atoms with E-state index in [1.807, 2.05) is 0 Å². The van der Waals surface area contributed by atoms with Gasteiger partial charge in [0.1, 0.15) is 0 Å². The largest absolute Gasteiger partial charge is 0.398 e. The number of allylic oxidation sites excluding steroid dienone is 2. The fraction of sp³-hybridized carbons (Fsp3) is 0. The molecule has 4 nitrogen and oxygen atoms in total. The van der Waals surface area contributed by atoms with Crippen molar-refractivity contribution < 1.29 is 9.59 Å². The molecule has 0 atom stereocenters. The molecule has 122 valence electrons. The summed E-state index contributed by atoms with van der Waals surface area (Å²) in [5, 5.41) is 1.07. The Labute approximate surface area is 149 Å². The Morgan fingerprint density at radius 2 is 0.958 bits per heavy atom. The number of nitrogens with two attached hydrogens (primary N) is 2. The van der Waals surface area contributed by atoms with Gasteiger partial charge in [-0.25, -0.2) is 0 Å². The van der Waals surface area contributed by atoms with Crippen molar-refractivity contribution in [3.05, 3.63) is 80.8 Å². The molecule has 0 aromatic heterocycles. The lowest BCUT2D eigenvalue weighted by molar-refractivity contribution is -0.107. The van der Waals surface area contributed by atoms with Crippen LogP contribution in [0.3, 0.4) is 0 Å². The zero-order chi connectivity index (χ0) is 17.7. The van der Waals surface area contributed by atoms with Crippen LogP contribution in [0.15, 0.2) is 59.7 Å². The van der Waals surface area contributed by atoms with Gasteiger partial charge in [-0.15, -0.1) is 0 Å². The van der Waals surface area contributed by atoms with Crippen LogP contribution >= 0.6 is 23.2 Å². The fourth-order valence-electron chi connectivity index (χ4n) is 2.11. The third kappa shape index (κ3) is 3.85. The topological polar surface area (TPSA) is 86.2 Å². The minimum atomic E-state index is 0.0137. The highest BCUT2D eigenvalue weighted by Gasteiger charge is 2.15. The summed E-state index contributed by atoms with van der Waals surface area (Å²) in [6.45, 7) is 0. The van der Waals surface area contributed by atoms with E-state index >= 15 is 0 Å². The zero-order valence-electron chi connectivity index (χ0n) is 12.5. The van der Waals surface area contributed by atoms with Gasteiger partial charge in [0.2, 0.25) is 0 Å². The van der Waals surface area contributed by atoms with Gasteiger partial charge in [0.05, 0.1) is 22.5 Å². The van der Waals surface area contributed by atoms with Gasteiger partial charge >= 0.3 is 0 Å². The quantitative estimate of drug-likeness (QED) is 0.485. The molecular formula is C18H14Cl2N2O2. The van der Waals surface area contributed by atoms with Crippen molar-refractivity contribution in [2.45, 2.75) is 0 Å². The third-order valence-corrected chi connectivity index (χ3v) is 3.92. The molecule has 6 heteroatoms. The van der Waals surface area contributed by atoms with Gasteiger partial charge in [0.15, 0.2) is 12.6 Å². The molecule has 0 amide bonds. The highest BCUT2D eigenvalue weighted by Crippen LogP contribution is 2.24. The van der Waals surface area contributed by atoms with Crippen molar-refractivity contribution in [1.82, 2.24) is 0 Å². The van der Waals surface area contributed by atoms with E-state index in [1.165, 1.54) is 0 Å². The molecular weight excluding hydrogens is 347 g/mol. The molecule has 24 heavy (non-hydrogen) atoms. The van der Waals surface area contributed by atoms with E-state index < -0.39 is 0 Å². The van der Waals surface area contributed by atoms with Crippen molar-refractivity contribution in [2.75, 3.05) is 0 Å². The number of hydrogen-bond acceptors (Lipinski definition) is 4. The van der Waals surface area contributed by atoms with Gasteiger partial charge in [-0.3, -0.25) is 9.59 Å². The summed E-state index contributed by atoms with van der Waals surface area (Å²) in [6.07, 6.45) is 1.02. The molecule has 0 saturated heterocycles. The second-order valence-corrected chi connectivity index (χ2v) is 5.78. The first-order chi connectivity index (χ1) is 11.5. The maximum absolute atomic E-state index is 11.5. The maximum atomic E-state index is 11.5. The molecule has 2 aromatic rings. The highest BCUT2D eigenvalue weighted by molar-refractivity contribution is 6.30. The first kappa shape index (κ1) is 17.8. The molecule has 0 heterocycles. The second kappa shape index (κ2) is 7.81. The lowest BCUT2D eigenvalue weighted by Gasteiger charge is -2.11. The Morgan fingerprint density at radius 3 is 1.21 bits per heavy atom. The van der Waals surface area contributed by atoms with E-state index in [2.05, 4.69) is 0 Å².